The molecule has 0 aliphatic carbocycles. The van der Waals surface area contributed by atoms with E-state index in [0.29, 0.717) is 17.6 Å². The Morgan fingerprint density at radius 3 is 1.79 bits per heavy atom. The fourth-order valence-corrected chi connectivity index (χ4v) is 1.82. The lowest BCUT2D eigenvalue weighted by atomic mass is 9.79. The lowest BCUT2D eigenvalue weighted by molar-refractivity contribution is -0.140. The molecular weight excluding hydrogens is 174 g/mol. The van der Waals surface area contributed by atoms with Gasteiger partial charge in [-0.25, -0.2) is 0 Å². The molecule has 0 amide bonds. The average molecular weight is 199 g/mol. The van der Waals surface area contributed by atoms with Crippen LogP contribution in [0.1, 0.15) is 54.4 Å². The van der Waals surface area contributed by atoms with Crippen LogP contribution in [0.25, 0.3) is 0 Å². The van der Waals surface area contributed by atoms with Gasteiger partial charge in [0.25, 0.3) is 0 Å². The summed E-state index contributed by atoms with van der Waals surface area (Å²) in [5.41, 5.74) is 3.76. The number of rotatable bonds is 0. The van der Waals surface area contributed by atoms with E-state index in [-0.39, 0.29) is 5.41 Å². The Kier molecular flexibility index (Phi) is 3.27. The second kappa shape index (κ2) is 3.82. The molecule has 0 spiro atoms. The molecule has 84 valence electrons. The van der Waals surface area contributed by atoms with E-state index in [2.05, 4.69) is 47.0 Å². The zero-order chi connectivity index (χ0) is 11.0. The summed E-state index contributed by atoms with van der Waals surface area (Å²) < 4.78 is 0. The lowest BCUT2D eigenvalue weighted by Crippen LogP contribution is -2.49. The lowest BCUT2D eigenvalue weighted by Gasteiger charge is -2.41. The van der Waals surface area contributed by atoms with Crippen LogP contribution in [0.5, 0.6) is 0 Å². The first-order valence-corrected chi connectivity index (χ1v) is 5.62. The van der Waals surface area contributed by atoms with Crippen LogP contribution >= 0.6 is 0 Å². The maximum atomic E-state index is 5.73. The summed E-state index contributed by atoms with van der Waals surface area (Å²) in [4.78, 5) is 5.73. The van der Waals surface area contributed by atoms with E-state index in [1.807, 2.05) is 0 Å². The van der Waals surface area contributed by atoms with E-state index in [1.165, 1.54) is 12.8 Å². The molecule has 1 saturated heterocycles. The summed E-state index contributed by atoms with van der Waals surface area (Å²) in [6.07, 6.45) is 2.73. The van der Waals surface area contributed by atoms with Crippen molar-refractivity contribution in [2.24, 2.45) is 10.8 Å². The van der Waals surface area contributed by atoms with Crippen molar-refractivity contribution in [3.05, 3.63) is 0 Å². The Balaban J connectivity index is 2.47. The van der Waals surface area contributed by atoms with E-state index in [4.69, 9.17) is 4.84 Å². The number of hydroxylamine groups is 1. The zero-order valence-corrected chi connectivity index (χ0v) is 10.5. The Hall–Kier alpha value is -0.0800. The van der Waals surface area contributed by atoms with Gasteiger partial charge in [0.1, 0.15) is 0 Å². The molecule has 0 unspecified atom stereocenters. The molecule has 1 N–H and O–H groups in total. The van der Waals surface area contributed by atoms with Gasteiger partial charge in [0, 0.05) is 6.04 Å². The van der Waals surface area contributed by atoms with Crippen molar-refractivity contribution in [1.29, 1.82) is 0 Å². The van der Waals surface area contributed by atoms with Crippen LogP contribution in [0, 0.1) is 10.8 Å². The van der Waals surface area contributed by atoms with Crippen LogP contribution in [0.2, 0.25) is 0 Å². The summed E-state index contributed by atoms with van der Waals surface area (Å²) in [6.45, 7) is 13.5. The van der Waals surface area contributed by atoms with Gasteiger partial charge in [0.15, 0.2) is 0 Å². The van der Waals surface area contributed by atoms with Crippen molar-refractivity contribution in [3.8, 4) is 0 Å². The zero-order valence-electron chi connectivity index (χ0n) is 10.5. The molecular formula is C12H25NO. The largest absolute Gasteiger partial charge is 0.298 e. The molecule has 0 bridgehead atoms. The number of nitrogens with one attached hydrogen (secondary N) is 1. The Labute approximate surface area is 88.4 Å². The average Bonchev–Trinajstić information content (AvgIpc) is 2.01. The minimum atomic E-state index is 0.246. The molecule has 0 radical (unpaired) electrons. The molecule has 0 aromatic heterocycles. The highest BCUT2D eigenvalue weighted by Gasteiger charge is 2.35. The third kappa shape index (κ3) is 2.96. The van der Waals surface area contributed by atoms with Crippen LogP contribution in [-0.2, 0) is 4.84 Å². The minimum absolute atomic E-state index is 0.246. The molecule has 2 nitrogen and oxygen atoms in total. The third-order valence-electron chi connectivity index (χ3n) is 3.08. The van der Waals surface area contributed by atoms with Gasteiger partial charge in [0.05, 0.1) is 6.10 Å². The second-order valence-electron chi connectivity index (χ2n) is 6.59. The molecule has 0 saturated carbocycles. The summed E-state index contributed by atoms with van der Waals surface area (Å²) in [5.74, 6) is 0. The topological polar surface area (TPSA) is 21.3 Å². The normalized spacial score (nSPS) is 30.4. The molecule has 0 aromatic carbocycles. The predicted octanol–water partition coefficient (Wildman–Crippen LogP) is 3.13. The van der Waals surface area contributed by atoms with E-state index in [0.717, 1.165) is 0 Å². The van der Waals surface area contributed by atoms with Crippen molar-refractivity contribution in [2.45, 2.75) is 66.5 Å². The van der Waals surface area contributed by atoms with Gasteiger partial charge in [-0.05, 0) is 23.7 Å². The van der Waals surface area contributed by atoms with Crippen LogP contribution in [0.15, 0.2) is 0 Å². The first-order valence-electron chi connectivity index (χ1n) is 5.62. The Morgan fingerprint density at radius 1 is 0.929 bits per heavy atom. The van der Waals surface area contributed by atoms with E-state index >= 15 is 0 Å². The van der Waals surface area contributed by atoms with E-state index in [1.54, 1.807) is 0 Å². The van der Waals surface area contributed by atoms with Crippen LogP contribution in [0.3, 0.4) is 0 Å². The van der Waals surface area contributed by atoms with E-state index < -0.39 is 0 Å². The molecule has 14 heavy (non-hydrogen) atoms. The smallest absolute Gasteiger partial charge is 0.0839 e. The van der Waals surface area contributed by atoms with Crippen LogP contribution < -0.4 is 5.48 Å². The molecule has 1 aliphatic heterocycles. The van der Waals surface area contributed by atoms with Crippen molar-refractivity contribution in [3.63, 3.8) is 0 Å². The molecule has 2 heteroatoms. The second-order valence-corrected chi connectivity index (χ2v) is 6.59. The highest BCUT2D eigenvalue weighted by Crippen LogP contribution is 2.33. The van der Waals surface area contributed by atoms with E-state index in [9.17, 15) is 0 Å². The molecule has 1 aliphatic rings. The summed E-state index contributed by atoms with van der Waals surface area (Å²) >= 11 is 0. The van der Waals surface area contributed by atoms with Gasteiger partial charge >= 0.3 is 0 Å². The van der Waals surface area contributed by atoms with Crippen molar-refractivity contribution < 1.29 is 4.84 Å². The fraction of sp³-hybridized carbons (Fsp3) is 1.00. The summed E-state index contributed by atoms with van der Waals surface area (Å²) in [5, 5.41) is 0. The van der Waals surface area contributed by atoms with Crippen molar-refractivity contribution in [1.82, 2.24) is 5.48 Å². The highest BCUT2D eigenvalue weighted by molar-refractivity contribution is 4.85. The molecule has 1 heterocycles. The first kappa shape index (κ1) is 12.0. The van der Waals surface area contributed by atoms with Gasteiger partial charge in [-0.1, -0.05) is 41.5 Å². The molecule has 0 aromatic rings. The standard InChI is InChI=1S/C12H25NO/c1-11(2,3)9-7-8-10(14-13-9)12(4,5)6/h9-10,13H,7-8H2,1-6H3/t9-,10+/m1/s1. The monoisotopic (exact) mass is 199 g/mol. The SMILES string of the molecule is CC(C)(C)[C@@H]1CC[C@H](C(C)(C)C)NO1. The molecule has 1 rings (SSSR count). The Bertz CT molecular complexity index is 157. The van der Waals surface area contributed by atoms with Gasteiger partial charge in [-0.3, -0.25) is 4.84 Å². The van der Waals surface area contributed by atoms with Gasteiger partial charge < -0.3 is 0 Å². The third-order valence-corrected chi connectivity index (χ3v) is 3.08. The minimum Gasteiger partial charge on any atom is -0.298 e. The summed E-state index contributed by atoms with van der Waals surface area (Å²) in [7, 11) is 0. The maximum absolute atomic E-state index is 5.73. The predicted molar refractivity (Wildman–Crippen MR) is 59.9 cm³/mol. The first-order chi connectivity index (χ1) is 6.21. The molecule has 2 atom stereocenters. The van der Waals surface area contributed by atoms with Gasteiger partial charge in [-0.15, -0.1) is 0 Å². The fourth-order valence-electron chi connectivity index (χ4n) is 1.82. The van der Waals surface area contributed by atoms with Crippen LogP contribution in [0.4, 0.5) is 0 Å². The number of hydrogen-bond donors (Lipinski definition) is 1. The maximum Gasteiger partial charge on any atom is 0.0839 e. The van der Waals surface area contributed by atoms with Crippen LogP contribution in [-0.4, -0.2) is 12.1 Å². The van der Waals surface area contributed by atoms with Gasteiger partial charge in [-0.2, -0.15) is 5.48 Å². The Morgan fingerprint density at radius 2 is 1.50 bits per heavy atom. The quantitative estimate of drug-likeness (QED) is 0.647. The van der Waals surface area contributed by atoms with Gasteiger partial charge in [0.2, 0.25) is 0 Å². The number of hydrogen-bond acceptors (Lipinski definition) is 2. The highest BCUT2D eigenvalue weighted by atomic mass is 16.7. The molecule has 1 fully saturated rings. The summed E-state index contributed by atoms with van der Waals surface area (Å²) in [6, 6.07) is 0.487. The van der Waals surface area contributed by atoms with Crippen molar-refractivity contribution >= 4 is 0 Å². The van der Waals surface area contributed by atoms with Crippen molar-refractivity contribution in [2.75, 3.05) is 0 Å².